The highest BCUT2D eigenvalue weighted by Gasteiger charge is 2.26. The molecule has 0 atom stereocenters. The first-order valence-corrected chi connectivity index (χ1v) is 25.0. The summed E-state index contributed by atoms with van der Waals surface area (Å²) in [5.74, 6) is 0. The zero-order chi connectivity index (χ0) is 47.0. The second kappa shape index (κ2) is 16.5. The summed E-state index contributed by atoms with van der Waals surface area (Å²) in [4.78, 5) is 2.53. The molecule has 12 aromatic rings. The van der Waals surface area contributed by atoms with Gasteiger partial charge in [-0.3, -0.25) is 0 Å². The van der Waals surface area contributed by atoms with Crippen LogP contribution in [0.1, 0.15) is 52.7 Å². The number of para-hydroxylation sites is 3. The molecule has 0 aliphatic heterocycles. The molecule has 10 aromatic carbocycles. The van der Waals surface area contributed by atoms with Crippen molar-refractivity contribution in [2.75, 3.05) is 4.90 Å². The van der Waals surface area contributed by atoms with Crippen LogP contribution in [0.25, 0.3) is 91.8 Å². The lowest BCUT2D eigenvalue weighted by Crippen LogP contribution is -2.16. The fourth-order valence-corrected chi connectivity index (χ4v) is 11.8. The summed E-state index contributed by atoms with van der Waals surface area (Å²) in [5.41, 5.74) is 16.9. The van der Waals surface area contributed by atoms with Crippen LogP contribution in [0, 0.1) is 0 Å². The van der Waals surface area contributed by atoms with Gasteiger partial charge in [0.2, 0.25) is 0 Å². The van der Waals surface area contributed by atoms with Gasteiger partial charge in [0.25, 0.3) is 0 Å². The standard InChI is InChI=1S/C66H54N2S/c1-65(2,3)46-39-45(40-47(42-46)66(4,5)6)51-30-17-21-43-22-18-32-54(62(43)51)52-27-10-13-34-57(52)68(60-37-20-33-55-53-28-12-15-38-61(53)69-64(55)60)49-26-16-23-44(41-49)50-31-19-36-59-63(50)56-29-11-14-35-58(56)67(59)48-24-8-7-9-25-48/h7-42H,1-6H3. The Labute approximate surface area is 409 Å². The van der Waals surface area contributed by atoms with E-state index >= 15 is 0 Å². The summed E-state index contributed by atoms with van der Waals surface area (Å²) in [5, 5.41) is 7.53. The second-order valence-electron chi connectivity index (χ2n) is 20.6. The third-order valence-corrected chi connectivity index (χ3v) is 15.3. The van der Waals surface area contributed by atoms with Gasteiger partial charge >= 0.3 is 0 Å². The maximum Gasteiger partial charge on any atom is 0.0640 e. The number of thiophene rings is 1. The Kier molecular flexibility index (Phi) is 10.2. The predicted molar refractivity (Wildman–Crippen MR) is 300 cm³/mol. The fourth-order valence-electron chi connectivity index (χ4n) is 10.6. The molecule has 0 unspecified atom stereocenters. The zero-order valence-electron chi connectivity index (χ0n) is 40.1. The van der Waals surface area contributed by atoms with E-state index < -0.39 is 0 Å². The minimum atomic E-state index is -0.0107. The maximum atomic E-state index is 2.53. The molecule has 0 aliphatic rings. The number of hydrogen-bond acceptors (Lipinski definition) is 2. The molecule has 334 valence electrons. The summed E-state index contributed by atoms with van der Waals surface area (Å²) in [6.45, 7) is 14.0. The van der Waals surface area contributed by atoms with Crippen molar-refractivity contribution in [3.63, 3.8) is 0 Å². The molecule has 2 aromatic heterocycles. The Morgan fingerprint density at radius 1 is 0.391 bits per heavy atom. The van der Waals surface area contributed by atoms with Crippen LogP contribution in [-0.2, 0) is 10.8 Å². The molecule has 0 fully saturated rings. The van der Waals surface area contributed by atoms with E-state index in [4.69, 9.17) is 0 Å². The molecule has 3 heteroatoms. The van der Waals surface area contributed by atoms with Crippen molar-refractivity contribution in [1.82, 2.24) is 4.57 Å². The largest absolute Gasteiger partial charge is 0.309 e. The molecular formula is C66H54N2S. The molecule has 0 amide bonds. The lowest BCUT2D eigenvalue weighted by atomic mass is 9.78. The van der Waals surface area contributed by atoms with Crippen LogP contribution in [0.2, 0.25) is 0 Å². The van der Waals surface area contributed by atoms with Crippen molar-refractivity contribution < 1.29 is 0 Å². The molecule has 0 aliphatic carbocycles. The molecule has 0 N–H and O–H groups in total. The number of rotatable bonds is 7. The first-order chi connectivity index (χ1) is 33.5. The zero-order valence-corrected chi connectivity index (χ0v) is 40.9. The molecule has 0 radical (unpaired) electrons. The minimum Gasteiger partial charge on any atom is -0.309 e. The van der Waals surface area contributed by atoms with Gasteiger partial charge in [0.15, 0.2) is 0 Å². The van der Waals surface area contributed by atoms with Gasteiger partial charge in [0.05, 0.1) is 27.1 Å². The first kappa shape index (κ1) is 42.6. The van der Waals surface area contributed by atoms with Gasteiger partial charge in [-0.2, -0.15) is 0 Å². The van der Waals surface area contributed by atoms with Gasteiger partial charge < -0.3 is 9.47 Å². The van der Waals surface area contributed by atoms with E-state index in [-0.39, 0.29) is 10.8 Å². The molecule has 2 nitrogen and oxygen atoms in total. The van der Waals surface area contributed by atoms with Gasteiger partial charge in [0, 0.05) is 43.2 Å². The quantitative estimate of drug-likeness (QED) is 0.155. The van der Waals surface area contributed by atoms with Crippen molar-refractivity contribution in [3.05, 3.63) is 230 Å². The van der Waals surface area contributed by atoms with Crippen LogP contribution in [0.15, 0.2) is 218 Å². The van der Waals surface area contributed by atoms with Crippen LogP contribution < -0.4 is 4.90 Å². The SMILES string of the molecule is CC(C)(C)c1cc(-c2cccc3cccc(-c4ccccc4N(c4cccc(-c5cccc6c5c5ccccc5n6-c5ccccc5)c4)c4cccc5c4sc4ccccc45)c23)cc(C(C)(C)C)c1. The van der Waals surface area contributed by atoms with Crippen LogP contribution in [0.4, 0.5) is 17.1 Å². The highest BCUT2D eigenvalue weighted by molar-refractivity contribution is 7.26. The highest BCUT2D eigenvalue weighted by atomic mass is 32.1. The van der Waals surface area contributed by atoms with E-state index in [1.165, 1.54) is 97.3 Å². The molecule has 0 saturated carbocycles. The third kappa shape index (κ3) is 7.32. The first-order valence-electron chi connectivity index (χ1n) is 24.2. The Balaban J connectivity index is 1.11. The van der Waals surface area contributed by atoms with Crippen molar-refractivity contribution in [2.45, 2.75) is 52.4 Å². The van der Waals surface area contributed by atoms with Gasteiger partial charge in [-0.15, -0.1) is 11.3 Å². The Hall–Kier alpha value is -7.72. The van der Waals surface area contributed by atoms with Gasteiger partial charge in [-0.1, -0.05) is 205 Å². The lowest BCUT2D eigenvalue weighted by molar-refractivity contribution is 0.569. The second-order valence-corrected chi connectivity index (χ2v) is 21.6. The van der Waals surface area contributed by atoms with Gasteiger partial charge in [-0.05, 0) is 115 Å². The number of anilines is 3. The smallest absolute Gasteiger partial charge is 0.0640 e. The van der Waals surface area contributed by atoms with Crippen molar-refractivity contribution >= 4 is 81.1 Å². The molecule has 0 spiro atoms. The number of aromatic nitrogens is 1. The van der Waals surface area contributed by atoms with E-state index in [2.05, 4.69) is 269 Å². The van der Waals surface area contributed by atoms with E-state index in [9.17, 15) is 0 Å². The average molecular weight is 907 g/mol. The van der Waals surface area contributed by atoms with Crippen LogP contribution in [0.5, 0.6) is 0 Å². The summed E-state index contributed by atoms with van der Waals surface area (Å²) in [7, 11) is 0. The number of benzene rings is 10. The summed E-state index contributed by atoms with van der Waals surface area (Å²) in [6.07, 6.45) is 0. The fraction of sp³-hybridized carbons (Fsp3) is 0.121. The van der Waals surface area contributed by atoms with Gasteiger partial charge in [0.1, 0.15) is 0 Å². The molecule has 2 heterocycles. The van der Waals surface area contributed by atoms with E-state index in [0.717, 1.165) is 22.7 Å². The number of hydrogen-bond donors (Lipinski definition) is 0. The molecule has 0 bridgehead atoms. The number of nitrogens with zero attached hydrogens (tertiary/aromatic N) is 2. The molecule has 0 saturated heterocycles. The average Bonchev–Trinajstić information content (AvgIpc) is 3.93. The Morgan fingerprint density at radius 2 is 0.957 bits per heavy atom. The monoisotopic (exact) mass is 906 g/mol. The summed E-state index contributed by atoms with van der Waals surface area (Å²) < 4.78 is 4.96. The number of fused-ring (bicyclic) bond motifs is 7. The normalized spacial score (nSPS) is 12.2. The Bertz CT molecular complexity index is 3890. The van der Waals surface area contributed by atoms with E-state index in [0.29, 0.717) is 0 Å². The lowest BCUT2D eigenvalue weighted by Gasteiger charge is -2.29. The van der Waals surface area contributed by atoms with Crippen LogP contribution in [0.3, 0.4) is 0 Å². The van der Waals surface area contributed by atoms with Crippen molar-refractivity contribution in [3.8, 4) is 39.1 Å². The minimum absolute atomic E-state index is 0.0107. The Morgan fingerprint density at radius 3 is 1.72 bits per heavy atom. The topological polar surface area (TPSA) is 8.17 Å². The van der Waals surface area contributed by atoms with Crippen LogP contribution in [-0.4, -0.2) is 4.57 Å². The third-order valence-electron chi connectivity index (χ3n) is 14.1. The van der Waals surface area contributed by atoms with Crippen molar-refractivity contribution in [1.29, 1.82) is 0 Å². The van der Waals surface area contributed by atoms with E-state index in [1.54, 1.807) is 0 Å². The van der Waals surface area contributed by atoms with Crippen LogP contribution >= 0.6 is 11.3 Å². The highest BCUT2D eigenvalue weighted by Crippen LogP contribution is 2.50. The van der Waals surface area contributed by atoms with Gasteiger partial charge in [-0.25, -0.2) is 0 Å². The molecule has 69 heavy (non-hydrogen) atoms. The van der Waals surface area contributed by atoms with Crippen molar-refractivity contribution in [2.24, 2.45) is 0 Å². The predicted octanol–water partition coefficient (Wildman–Crippen LogP) is 19.4. The molecular weight excluding hydrogens is 853 g/mol. The summed E-state index contributed by atoms with van der Waals surface area (Å²) >= 11 is 1.88. The maximum absolute atomic E-state index is 2.53. The van der Waals surface area contributed by atoms with E-state index in [1.807, 2.05) is 11.3 Å². The molecule has 12 rings (SSSR count). The summed E-state index contributed by atoms with van der Waals surface area (Å²) in [6, 6.07) is 81.3.